The van der Waals surface area contributed by atoms with Gasteiger partial charge in [-0.3, -0.25) is 0 Å². The molecule has 2 aromatic carbocycles. The van der Waals surface area contributed by atoms with Crippen LogP contribution in [0.5, 0.6) is 23.0 Å². The van der Waals surface area contributed by atoms with Crippen LogP contribution in [0.25, 0.3) is 0 Å². The third kappa shape index (κ3) is 10.7. The van der Waals surface area contributed by atoms with E-state index in [1.807, 2.05) is 0 Å². The van der Waals surface area contributed by atoms with E-state index in [4.69, 9.17) is 10.2 Å². The van der Waals surface area contributed by atoms with Gasteiger partial charge in [-0.15, -0.1) is 0 Å². The Labute approximate surface area is 253 Å². The van der Waals surface area contributed by atoms with E-state index in [0.29, 0.717) is 0 Å². The van der Waals surface area contributed by atoms with Crippen LogP contribution >= 0.6 is 0 Å². The number of rotatable bonds is 4. The van der Waals surface area contributed by atoms with Crippen LogP contribution < -0.4 is 112 Å². The van der Waals surface area contributed by atoms with Gasteiger partial charge in [-0.25, -0.2) is 16.8 Å². The van der Waals surface area contributed by atoms with E-state index in [1.165, 1.54) is 26.4 Å². The third-order valence-electron chi connectivity index (χ3n) is 2.87. The van der Waals surface area contributed by atoms with Crippen LogP contribution in [-0.2, 0) is 20.2 Å². The molecule has 0 aromatic heterocycles. The molecule has 0 fully saturated rings. The summed E-state index contributed by atoms with van der Waals surface area (Å²) in [5, 5.41) is 18.2. The zero-order valence-corrected chi connectivity index (χ0v) is 23.8. The van der Waals surface area contributed by atoms with Crippen molar-refractivity contribution in [3.63, 3.8) is 0 Å². The quantitative estimate of drug-likeness (QED) is 0.299. The molecule has 15 heteroatoms. The van der Waals surface area contributed by atoms with Gasteiger partial charge < -0.3 is 34.3 Å². The summed E-state index contributed by atoms with van der Waals surface area (Å²) in [4.78, 5) is -0.989. The summed E-state index contributed by atoms with van der Waals surface area (Å²) < 4.78 is 72.6. The zero-order chi connectivity index (χ0) is 20.1. The molecule has 2 aromatic rings. The van der Waals surface area contributed by atoms with Crippen LogP contribution in [0.3, 0.4) is 0 Å². The summed E-state index contributed by atoms with van der Waals surface area (Å²) in [6.45, 7) is 0. The van der Waals surface area contributed by atoms with Gasteiger partial charge in [0.2, 0.25) is 0 Å². The van der Waals surface area contributed by atoms with E-state index in [0.717, 1.165) is 24.3 Å². The normalized spacial score (nSPS) is 10.1. The topological polar surface area (TPSA) is 205 Å². The smallest absolute Gasteiger partial charge is 0.744 e. The van der Waals surface area contributed by atoms with Crippen LogP contribution in [-0.4, -0.2) is 55.8 Å². The average Bonchev–Trinajstić information content (AvgIpc) is 2.53. The maximum absolute atomic E-state index is 10.6. The predicted octanol–water partition coefficient (Wildman–Crippen LogP) is -6.21. The summed E-state index contributed by atoms with van der Waals surface area (Å²) in [6, 6.07) is 6.62. The van der Waals surface area contributed by atoms with E-state index < -0.39 is 30.0 Å². The molecular formula is C14H16K2O11S2. The van der Waals surface area contributed by atoms with E-state index in [-0.39, 0.29) is 131 Å². The second-order valence-electron chi connectivity index (χ2n) is 4.55. The minimum absolute atomic E-state index is 0. The van der Waals surface area contributed by atoms with Gasteiger partial charge in [0.1, 0.15) is 25.1 Å². The molecule has 0 aliphatic carbocycles. The van der Waals surface area contributed by atoms with E-state index in [9.17, 15) is 25.9 Å². The molecule has 0 unspecified atom stereocenters. The number of hydrogen-bond donors (Lipinski definition) is 2. The van der Waals surface area contributed by atoms with Crippen LogP contribution in [0.1, 0.15) is 0 Å². The van der Waals surface area contributed by atoms with Crippen molar-refractivity contribution in [2.75, 3.05) is 14.2 Å². The molecule has 0 bridgehead atoms. The van der Waals surface area contributed by atoms with E-state index in [2.05, 4.69) is 9.47 Å². The minimum Gasteiger partial charge on any atom is -0.744 e. The van der Waals surface area contributed by atoms with Gasteiger partial charge in [0.05, 0.1) is 19.1 Å². The monoisotopic (exact) mass is 502 g/mol. The summed E-state index contributed by atoms with van der Waals surface area (Å²) in [5.41, 5.74) is 0. The second-order valence-corrected chi connectivity index (χ2v) is 7.28. The number of phenols is 2. The Morgan fingerprint density at radius 3 is 1.76 bits per heavy atom. The predicted molar refractivity (Wildman–Crippen MR) is 88.9 cm³/mol. The summed E-state index contributed by atoms with van der Waals surface area (Å²) >= 11 is 0. The van der Waals surface area contributed by atoms with Crippen molar-refractivity contribution < 1.29 is 154 Å². The molecule has 0 aliphatic heterocycles. The number of hydrogen-bond acceptors (Lipinski definition) is 10. The zero-order valence-electron chi connectivity index (χ0n) is 15.9. The van der Waals surface area contributed by atoms with Crippen molar-refractivity contribution in [1.82, 2.24) is 0 Å². The van der Waals surface area contributed by atoms with Gasteiger partial charge in [0, 0.05) is 6.07 Å². The van der Waals surface area contributed by atoms with Crippen LogP contribution in [0.15, 0.2) is 46.2 Å². The number of aromatic hydroxyl groups is 2. The number of para-hydroxylation sites is 1. The van der Waals surface area contributed by atoms with Crippen molar-refractivity contribution in [2.45, 2.75) is 9.79 Å². The molecular weight excluding hydrogens is 486 g/mol. The molecule has 0 atom stereocenters. The van der Waals surface area contributed by atoms with Crippen LogP contribution in [0.4, 0.5) is 0 Å². The van der Waals surface area contributed by atoms with E-state index >= 15 is 0 Å². The van der Waals surface area contributed by atoms with Crippen LogP contribution in [0, 0.1) is 0 Å². The Balaban J connectivity index is -0.000000422. The molecule has 0 radical (unpaired) electrons. The molecule has 0 spiro atoms. The van der Waals surface area contributed by atoms with Crippen molar-refractivity contribution in [1.29, 1.82) is 0 Å². The summed E-state index contributed by atoms with van der Waals surface area (Å²) in [7, 11) is -6.67. The SMILES string of the molecule is COc1c(O)cccc1S(=O)(=O)[O-].COc1cc(S(=O)(=O)[O-])ccc1O.O.[K+].[K+]. The van der Waals surface area contributed by atoms with Gasteiger partial charge >= 0.3 is 103 Å². The molecule has 0 amide bonds. The maximum Gasteiger partial charge on any atom is 1.00 e. The molecule has 152 valence electrons. The Kier molecular flexibility index (Phi) is 17.4. The first kappa shape index (κ1) is 34.3. The fourth-order valence-corrected chi connectivity index (χ4v) is 2.87. The standard InChI is InChI=1S/2C7H8O5S.2K.H2O/c1-12-7-4-5(13(9,10)11)2-3-6(7)8;1-12-7-5(8)3-2-4-6(7)13(9,10)11;;;/h2*2-4,8H,1H3,(H,9,10,11);;;1H2/q;;2*+1;/p-2. The first-order chi connectivity index (χ1) is 11.9. The number of phenolic OH excluding ortho intramolecular Hbond substituents is 2. The fraction of sp³-hybridized carbons (Fsp3) is 0.143. The fourth-order valence-electron chi connectivity index (χ4n) is 1.72. The first-order valence-electron chi connectivity index (χ1n) is 6.56. The third-order valence-corrected chi connectivity index (χ3v) is 4.56. The molecule has 0 aliphatic rings. The molecule has 4 N–H and O–H groups in total. The van der Waals surface area contributed by atoms with Gasteiger partial charge in [-0.1, -0.05) is 6.07 Å². The number of benzene rings is 2. The Morgan fingerprint density at radius 1 is 0.828 bits per heavy atom. The maximum atomic E-state index is 10.6. The van der Waals surface area contributed by atoms with Gasteiger partial charge in [0.15, 0.2) is 23.0 Å². The van der Waals surface area contributed by atoms with Crippen molar-refractivity contribution >= 4 is 20.2 Å². The minimum atomic E-state index is -4.60. The molecule has 0 saturated heterocycles. The Hall–Kier alpha value is 0.693. The number of methoxy groups -OCH3 is 2. The Morgan fingerprint density at radius 2 is 1.38 bits per heavy atom. The molecule has 29 heavy (non-hydrogen) atoms. The van der Waals surface area contributed by atoms with Crippen molar-refractivity contribution in [3.05, 3.63) is 36.4 Å². The second kappa shape index (κ2) is 14.7. The summed E-state index contributed by atoms with van der Waals surface area (Å²) in [5.74, 6) is -0.955. The van der Waals surface area contributed by atoms with Gasteiger partial charge in [0.25, 0.3) is 0 Å². The first-order valence-corrected chi connectivity index (χ1v) is 9.38. The number of ether oxygens (including phenoxy) is 2. The van der Waals surface area contributed by atoms with Gasteiger partial charge in [-0.2, -0.15) is 0 Å². The van der Waals surface area contributed by atoms with Gasteiger partial charge in [-0.05, 0) is 24.3 Å². The Bertz CT molecular complexity index is 993. The molecule has 0 saturated carbocycles. The molecule has 11 nitrogen and oxygen atoms in total. The average molecular weight is 503 g/mol. The largest absolute Gasteiger partial charge is 1.00 e. The van der Waals surface area contributed by atoms with Crippen molar-refractivity contribution in [3.8, 4) is 23.0 Å². The van der Waals surface area contributed by atoms with E-state index in [1.54, 1.807) is 0 Å². The molecule has 2 rings (SSSR count). The van der Waals surface area contributed by atoms with Crippen LogP contribution in [0.2, 0.25) is 0 Å². The van der Waals surface area contributed by atoms with Crippen molar-refractivity contribution in [2.24, 2.45) is 0 Å². The summed E-state index contributed by atoms with van der Waals surface area (Å²) in [6.07, 6.45) is 0. The molecule has 0 heterocycles.